The van der Waals surface area contributed by atoms with E-state index in [0.29, 0.717) is 12.0 Å². The maximum Gasteiger partial charge on any atom is 0.254 e. The van der Waals surface area contributed by atoms with E-state index in [9.17, 15) is 9.18 Å². The number of aliphatic hydroxyl groups is 1. The Labute approximate surface area is 125 Å². The molecule has 1 amide bonds. The first kappa shape index (κ1) is 15.2. The SMILES string of the molecule is O=C(NCc1nccs1)c1cc(C#CCCO)ccc1F. The number of nitrogens with one attached hydrogen (secondary N) is 1. The maximum atomic E-state index is 13.7. The fourth-order valence-corrected chi connectivity index (χ4v) is 2.14. The molecular formula is C15H13FN2O2S. The number of aromatic nitrogens is 1. The lowest BCUT2D eigenvalue weighted by molar-refractivity contribution is 0.0947. The van der Waals surface area contributed by atoms with E-state index in [0.717, 1.165) is 5.01 Å². The second-order valence-electron chi connectivity index (χ2n) is 4.08. The number of halogens is 1. The monoisotopic (exact) mass is 304 g/mol. The van der Waals surface area contributed by atoms with Crippen LogP contribution >= 0.6 is 11.3 Å². The summed E-state index contributed by atoms with van der Waals surface area (Å²) < 4.78 is 13.7. The molecule has 1 aromatic carbocycles. The summed E-state index contributed by atoms with van der Waals surface area (Å²) in [5.41, 5.74) is 0.478. The van der Waals surface area contributed by atoms with Crippen LogP contribution in [0.15, 0.2) is 29.8 Å². The van der Waals surface area contributed by atoms with E-state index in [1.54, 1.807) is 11.6 Å². The predicted octanol–water partition coefficient (Wildman–Crippen LogP) is 1.95. The van der Waals surface area contributed by atoms with Gasteiger partial charge in [-0.15, -0.1) is 11.3 Å². The molecule has 21 heavy (non-hydrogen) atoms. The summed E-state index contributed by atoms with van der Waals surface area (Å²) in [5, 5.41) is 13.8. The van der Waals surface area contributed by atoms with Gasteiger partial charge in [-0.1, -0.05) is 11.8 Å². The molecule has 0 fully saturated rings. The summed E-state index contributed by atoms with van der Waals surface area (Å²) >= 11 is 1.42. The van der Waals surface area contributed by atoms with Crippen molar-refractivity contribution in [3.05, 3.63) is 51.7 Å². The van der Waals surface area contributed by atoms with Crippen LogP contribution in [0.1, 0.15) is 27.3 Å². The molecule has 108 valence electrons. The van der Waals surface area contributed by atoms with Gasteiger partial charge in [0.1, 0.15) is 10.8 Å². The standard InChI is InChI=1S/C15H13FN2O2S/c16-13-5-4-11(3-1-2-7-19)9-12(13)15(20)18-10-14-17-6-8-21-14/h4-6,8-9,19H,2,7,10H2,(H,18,20). The van der Waals surface area contributed by atoms with Gasteiger partial charge in [0.15, 0.2) is 0 Å². The Bertz CT molecular complexity index is 675. The van der Waals surface area contributed by atoms with Crippen LogP contribution in [0.3, 0.4) is 0 Å². The van der Waals surface area contributed by atoms with Crippen molar-refractivity contribution in [2.75, 3.05) is 6.61 Å². The summed E-state index contributed by atoms with van der Waals surface area (Å²) in [4.78, 5) is 16.0. The first-order valence-corrected chi connectivity index (χ1v) is 7.14. The van der Waals surface area contributed by atoms with Crippen molar-refractivity contribution in [3.8, 4) is 11.8 Å². The summed E-state index contributed by atoms with van der Waals surface area (Å²) in [6.45, 7) is 0.228. The van der Waals surface area contributed by atoms with E-state index in [4.69, 9.17) is 5.11 Å². The number of amides is 1. The Hall–Kier alpha value is -2.23. The minimum absolute atomic E-state index is 0.0324. The maximum absolute atomic E-state index is 13.7. The third-order valence-electron chi connectivity index (χ3n) is 2.56. The highest BCUT2D eigenvalue weighted by Gasteiger charge is 2.12. The zero-order chi connectivity index (χ0) is 15.1. The van der Waals surface area contributed by atoms with Crippen molar-refractivity contribution in [2.45, 2.75) is 13.0 Å². The quantitative estimate of drug-likeness (QED) is 0.849. The third kappa shape index (κ3) is 4.38. The Kier molecular flexibility index (Phi) is 5.43. The van der Waals surface area contributed by atoms with Crippen molar-refractivity contribution in [2.24, 2.45) is 0 Å². The van der Waals surface area contributed by atoms with E-state index in [-0.39, 0.29) is 18.7 Å². The highest BCUT2D eigenvalue weighted by Crippen LogP contribution is 2.11. The molecule has 2 N–H and O–H groups in total. The summed E-state index contributed by atoms with van der Waals surface area (Å²) in [7, 11) is 0. The van der Waals surface area contributed by atoms with Crippen LogP contribution in [-0.2, 0) is 6.54 Å². The average Bonchev–Trinajstić information content (AvgIpc) is 3.00. The number of rotatable bonds is 4. The van der Waals surface area contributed by atoms with Crippen LogP contribution in [-0.4, -0.2) is 22.6 Å². The highest BCUT2D eigenvalue weighted by molar-refractivity contribution is 7.09. The van der Waals surface area contributed by atoms with Crippen LogP contribution in [0.25, 0.3) is 0 Å². The molecule has 0 aliphatic carbocycles. The molecule has 1 heterocycles. The number of benzene rings is 1. The largest absolute Gasteiger partial charge is 0.395 e. The van der Waals surface area contributed by atoms with Crippen molar-refractivity contribution >= 4 is 17.2 Å². The van der Waals surface area contributed by atoms with E-state index >= 15 is 0 Å². The first-order valence-electron chi connectivity index (χ1n) is 6.26. The summed E-state index contributed by atoms with van der Waals surface area (Å²) in [6, 6.07) is 4.11. The van der Waals surface area contributed by atoms with Crippen molar-refractivity contribution in [1.29, 1.82) is 0 Å². The van der Waals surface area contributed by atoms with Gasteiger partial charge in [-0.25, -0.2) is 9.37 Å². The number of carbonyl (C=O) groups excluding carboxylic acids is 1. The predicted molar refractivity (Wildman–Crippen MR) is 78.3 cm³/mol. The second-order valence-corrected chi connectivity index (χ2v) is 5.06. The lowest BCUT2D eigenvalue weighted by Crippen LogP contribution is -2.23. The summed E-state index contributed by atoms with van der Waals surface area (Å²) in [6.07, 6.45) is 1.98. The molecule has 0 bridgehead atoms. The fourth-order valence-electron chi connectivity index (χ4n) is 1.59. The Morgan fingerprint density at radius 3 is 3.05 bits per heavy atom. The molecule has 0 saturated heterocycles. The zero-order valence-corrected chi connectivity index (χ0v) is 11.9. The summed E-state index contributed by atoms with van der Waals surface area (Å²) in [5.74, 6) is 4.40. The zero-order valence-electron chi connectivity index (χ0n) is 11.1. The van der Waals surface area contributed by atoms with Gasteiger partial charge in [-0.2, -0.15) is 0 Å². The fraction of sp³-hybridized carbons (Fsp3) is 0.200. The third-order valence-corrected chi connectivity index (χ3v) is 3.34. The molecule has 6 heteroatoms. The Morgan fingerprint density at radius 1 is 1.48 bits per heavy atom. The molecule has 0 unspecified atom stereocenters. The van der Waals surface area contributed by atoms with Gasteiger partial charge in [-0.05, 0) is 18.2 Å². The van der Waals surface area contributed by atoms with Crippen molar-refractivity contribution in [1.82, 2.24) is 10.3 Å². The molecule has 4 nitrogen and oxygen atoms in total. The number of thiazole rings is 1. The van der Waals surface area contributed by atoms with Crippen LogP contribution < -0.4 is 5.32 Å². The molecule has 1 aromatic heterocycles. The van der Waals surface area contributed by atoms with Gasteiger partial charge in [0.25, 0.3) is 5.91 Å². The average molecular weight is 304 g/mol. The van der Waals surface area contributed by atoms with Gasteiger partial charge in [0.2, 0.25) is 0 Å². The van der Waals surface area contributed by atoms with Gasteiger partial charge in [0, 0.05) is 23.6 Å². The van der Waals surface area contributed by atoms with Crippen molar-refractivity contribution < 1.29 is 14.3 Å². The van der Waals surface area contributed by atoms with E-state index in [2.05, 4.69) is 22.1 Å². The van der Waals surface area contributed by atoms with Crippen LogP contribution in [0, 0.1) is 17.7 Å². The molecule has 0 aliphatic rings. The van der Waals surface area contributed by atoms with Crippen molar-refractivity contribution in [3.63, 3.8) is 0 Å². The molecule has 0 spiro atoms. The topological polar surface area (TPSA) is 62.2 Å². The van der Waals surface area contributed by atoms with Crippen LogP contribution in [0.4, 0.5) is 4.39 Å². The molecule has 0 atom stereocenters. The van der Waals surface area contributed by atoms with Crippen LogP contribution in [0.5, 0.6) is 0 Å². The van der Waals surface area contributed by atoms with E-state index in [1.165, 1.54) is 29.5 Å². The first-order chi connectivity index (χ1) is 10.2. The molecule has 2 aromatic rings. The number of aliphatic hydroxyl groups excluding tert-OH is 1. The molecular weight excluding hydrogens is 291 g/mol. The number of nitrogens with zero attached hydrogens (tertiary/aromatic N) is 1. The Balaban J connectivity index is 2.09. The van der Waals surface area contributed by atoms with Crippen LogP contribution in [0.2, 0.25) is 0 Å². The lowest BCUT2D eigenvalue weighted by atomic mass is 10.1. The Morgan fingerprint density at radius 2 is 2.33 bits per heavy atom. The highest BCUT2D eigenvalue weighted by atomic mass is 32.1. The molecule has 2 rings (SSSR count). The van der Waals surface area contributed by atoms with Gasteiger partial charge in [0.05, 0.1) is 18.7 Å². The second kappa shape index (κ2) is 7.53. The molecule has 0 radical (unpaired) electrons. The molecule has 0 saturated carbocycles. The number of hydrogen-bond acceptors (Lipinski definition) is 4. The lowest BCUT2D eigenvalue weighted by Gasteiger charge is -2.05. The van der Waals surface area contributed by atoms with Gasteiger partial charge < -0.3 is 10.4 Å². The van der Waals surface area contributed by atoms with E-state index in [1.807, 2.05) is 0 Å². The minimum atomic E-state index is -0.598. The number of hydrogen-bond donors (Lipinski definition) is 2. The van der Waals surface area contributed by atoms with E-state index < -0.39 is 11.7 Å². The smallest absolute Gasteiger partial charge is 0.254 e. The van der Waals surface area contributed by atoms with Gasteiger partial charge >= 0.3 is 0 Å². The molecule has 0 aliphatic heterocycles. The number of carbonyl (C=O) groups is 1. The normalized spacial score (nSPS) is 9.81. The van der Waals surface area contributed by atoms with Gasteiger partial charge in [-0.3, -0.25) is 4.79 Å². The minimum Gasteiger partial charge on any atom is -0.395 e.